The van der Waals surface area contributed by atoms with Crippen LogP contribution in [0, 0.1) is 0 Å². The minimum Gasteiger partial charge on any atom is -0.494 e. The number of sulfonamides is 1. The van der Waals surface area contributed by atoms with Crippen molar-refractivity contribution in [2.75, 3.05) is 19.0 Å². The van der Waals surface area contributed by atoms with E-state index in [9.17, 15) is 8.42 Å². The zero-order valence-electron chi connectivity index (χ0n) is 8.94. The first-order chi connectivity index (χ1) is 7.60. The van der Waals surface area contributed by atoms with Crippen LogP contribution in [0.4, 0.5) is 0 Å². The zero-order valence-corrected chi connectivity index (χ0v) is 10.5. The maximum absolute atomic E-state index is 11.6. The fourth-order valence-electron chi connectivity index (χ4n) is 1.14. The number of hydrogen-bond acceptors (Lipinski definition) is 3. The van der Waals surface area contributed by atoms with Crippen LogP contribution in [0.25, 0.3) is 0 Å². The quantitative estimate of drug-likeness (QED) is 0.794. The monoisotopic (exact) mass is 263 g/mol. The Morgan fingerprint density at radius 2 is 1.94 bits per heavy atom. The molecule has 1 rings (SSSR count). The number of alkyl halides is 1. The average Bonchev–Trinajstić information content (AvgIpc) is 2.28. The highest BCUT2D eigenvalue weighted by atomic mass is 35.5. The molecule has 0 atom stereocenters. The first-order valence-corrected chi connectivity index (χ1v) is 6.90. The molecule has 0 aliphatic carbocycles. The first kappa shape index (κ1) is 13.3. The molecule has 0 heterocycles. The van der Waals surface area contributed by atoms with Crippen LogP contribution in [0.2, 0.25) is 0 Å². The fraction of sp³-hybridized carbons (Fsp3) is 0.400. The summed E-state index contributed by atoms with van der Waals surface area (Å²) < 4.78 is 30.9. The van der Waals surface area contributed by atoms with Gasteiger partial charge in [-0.15, -0.1) is 11.6 Å². The molecule has 1 aromatic carbocycles. The molecular formula is C10H14ClNO3S. The van der Waals surface area contributed by atoms with E-state index in [4.69, 9.17) is 16.3 Å². The minimum atomic E-state index is -3.44. The first-order valence-electron chi connectivity index (χ1n) is 4.88. The Hall–Kier alpha value is -0.780. The fourth-order valence-corrected chi connectivity index (χ4v) is 2.38. The molecule has 0 aliphatic rings. The van der Waals surface area contributed by atoms with Gasteiger partial charge < -0.3 is 4.74 Å². The van der Waals surface area contributed by atoms with Crippen molar-refractivity contribution in [2.45, 2.75) is 11.8 Å². The summed E-state index contributed by atoms with van der Waals surface area (Å²) in [6.45, 7) is 2.64. The predicted molar refractivity (Wildman–Crippen MR) is 63.5 cm³/mol. The summed E-state index contributed by atoms with van der Waals surface area (Å²) in [7, 11) is -3.44. The molecule has 1 N–H and O–H groups in total. The van der Waals surface area contributed by atoms with Crippen LogP contribution in [-0.2, 0) is 10.0 Å². The molecule has 0 bridgehead atoms. The summed E-state index contributed by atoms with van der Waals surface area (Å²) in [5, 5.41) is 0. The van der Waals surface area contributed by atoms with Gasteiger partial charge in [-0.05, 0) is 31.2 Å². The Morgan fingerprint density at radius 1 is 1.31 bits per heavy atom. The molecule has 0 radical (unpaired) electrons. The molecule has 4 nitrogen and oxygen atoms in total. The van der Waals surface area contributed by atoms with Crippen LogP contribution in [0.15, 0.2) is 29.2 Å². The van der Waals surface area contributed by atoms with E-state index < -0.39 is 10.0 Å². The molecule has 0 saturated carbocycles. The molecule has 16 heavy (non-hydrogen) atoms. The molecule has 6 heteroatoms. The minimum absolute atomic E-state index is 0.209. The van der Waals surface area contributed by atoms with Gasteiger partial charge in [0.2, 0.25) is 10.0 Å². The summed E-state index contributed by atoms with van der Waals surface area (Å²) in [5.74, 6) is 0.898. The number of nitrogens with one attached hydrogen (secondary N) is 1. The summed E-state index contributed by atoms with van der Waals surface area (Å²) in [5.41, 5.74) is 0. The zero-order chi connectivity index (χ0) is 12.0. The van der Waals surface area contributed by atoms with E-state index in [1.54, 1.807) is 12.1 Å². The molecule has 90 valence electrons. The number of halogens is 1. The van der Waals surface area contributed by atoms with Gasteiger partial charge in [0, 0.05) is 12.4 Å². The Labute approximate surface area is 101 Å². The molecule has 0 unspecified atom stereocenters. The van der Waals surface area contributed by atoms with E-state index in [1.165, 1.54) is 12.1 Å². The van der Waals surface area contributed by atoms with Crippen molar-refractivity contribution in [3.05, 3.63) is 24.3 Å². The number of ether oxygens (including phenoxy) is 1. The normalized spacial score (nSPS) is 11.4. The third-order valence-corrected chi connectivity index (χ3v) is 3.50. The molecule has 0 amide bonds. The molecule has 0 aliphatic heterocycles. The summed E-state index contributed by atoms with van der Waals surface area (Å²) >= 11 is 5.41. The molecular weight excluding hydrogens is 250 g/mol. The average molecular weight is 264 g/mol. The van der Waals surface area contributed by atoms with Gasteiger partial charge >= 0.3 is 0 Å². The van der Waals surface area contributed by atoms with Crippen LogP contribution in [0.3, 0.4) is 0 Å². The molecule has 1 aromatic rings. The maximum atomic E-state index is 11.6. The van der Waals surface area contributed by atoms with Crippen LogP contribution in [-0.4, -0.2) is 27.4 Å². The summed E-state index contributed by atoms with van der Waals surface area (Å²) in [4.78, 5) is 0.209. The van der Waals surface area contributed by atoms with Crippen LogP contribution >= 0.6 is 11.6 Å². The van der Waals surface area contributed by atoms with E-state index in [-0.39, 0.29) is 17.3 Å². The number of rotatable bonds is 6. The van der Waals surface area contributed by atoms with E-state index in [0.29, 0.717) is 12.4 Å². The van der Waals surface area contributed by atoms with Crippen LogP contribution in [0.1, 0.15) is 6.92 Å². The van der Waals surface area contributed by atoms with E-state index in [1.807, 2.05) is 6.92 Å². The van der Waals surface area contributed by atoms with Crippen LogP contribution in [0.5, 0.6) is 5.75 Å². The van der Waals surface area contributed by atoms with Crippen molar-refractivity contribution in [3.8, 4) is 5.75 Å². The molecule has 0 spiro atoms. The predicted octanol–water partition coefficient (Wildman–Crippen LogP) is 1.60. The van der Waals surface area contributed by atoms with Crippen molar-refractivity contribution in [1.82, 2.24) is 4.72 Å². The summed E-state index contributed by atoms with van der Waals surface area (Å²) in [6, 6.07) is 6.25. The highest BCUT2D eigenvalue weighted by Crippen LogP contribution is 2.15. The molecule has 0 aromatic heterocycles. The van der Waals surface area contributed by atoms with Crippen molar-refractivity contribution in [2.24, 2.45) is 0 Å². The number of benzene rings is 1. The lowest BCUT2D eigenvalue weighted by molar-refractivity contribution is 0.340. The lowest BCUT2D eigenvalue weighted by atomic mass is 10.3. The van der Waals surface area contributed by atoms with Gasteiger partial charge in [0.05, 0.1) is 11.5 Å². The third-order valence-electron chi connectivity index (χ3n) is 1.83. The van der Waals surface area contributed by atoms with Crippen molar-refractivity contribution >= 4 is 21.6 Å². The third kappa shape index (κ3) is 3.66. The van der Waals surface area contributed by atoms with E-state index in [2.05, 4.69) is 4.72 Å². The van der Waals surface area contributed by atoms with Gasteiger partial charge in [0.15, 0.2) is 0 Å². The lowest BCUT2D eigenvalue weighted by Crippen LogP contribution is -2.25. The second-order valence-corrected chi connectivity index (χ2v) is 5.14. The Kier molecular flexibility index (Phi) is 5.05. The van der Waals surface area contributed by atoms with E-state index >= 15 is 0 Å². The lowest BCUT2D eigenvalue weighted by Gasteiger charge is -2.06. The Bertz CT molecular complexity index is 416. The second kappa shape index (κ2) is 6.08. The molecule has 0 saturated heterocycles. The van der Waals surface area contributed by atoms with Crippen LogP contribution < -0.4 is 9.46 Å². The Morgan fingerprint density at radius 3 is 2.44 bits per heavy atom. The highest BCUT2D eigenvalue weighted by molar-refractivity contribution is 7.89. The van der Waals surface area contributed by atoms with Gasteiger partial charge in [0.1, 0.15) is 5.75 Å². The SMILES string of the molecule is CCOc1ccc(S(=O)(=O)NCCCl)cc1. The van der Waals surface area contributed by atoms with Crippen molar-refractivity contribution < 1.29 is 13.2 Å². The topological polar surface area (TPSA) is 55.4 Å². The van der Waals surface area contributed by atoms with Gasteiger partial charge in [-0.2, -0.15) is 0 Å². The largest absolute Gasteiger partial charge is 0.494 e. The van der Waals surface area contributed by atoms with Gasteiger partial charge in [0.25, 0.3) is 0 Å². The second-order valence-electron chi connectivity index (χ2n) is 2.99. The van der Waals surface area contributed by atoms with Gasteiger partial charge in [-0.3, -0.25) is 0 Å². The van der Waals surface area contributed by atoms with Crippen molar-refractivity contribution in [3.63, 3.8) is 0 Å². The number of hydrogen-bond donors (Lipinski definition) is 1. The standard InChI is InChI=1S/C10H14ClNO3S/c1-2-15-9-3-5-10(6-4-9)16(13,14)12-8-7-11/h3-6,12H,2,7-8H2,1H3. The van der Waals surface area contributed by atoms with Gasteiger partial charge in [-0.1, -0.05) is 0 Å². The maximum Gasteiger partial charge on any atom is 0.240 e. The Balaban J connectivity index is 2.80. The summed E-state index contributed by atoms with van der Waals surface area (Å²) in [6.07, 6.45) is 0. The van der Waals surface area contributed by atoms with E-state index in [0.717, 1.165) is 0 Å². The molecule has 0 fully saturated rings. The smallest absolute Gasteiger partial charge is 0.240 e. The highest BCUT2D eigenvalue weighted by Gasteiger charge is 2.12. The van der Waals surface area contributed by atoms with Gasteiger partial charge in [-0.25, -0.2) is 13.1 Å². The van der Waals surface area contributed by atoms with Crippen molar-refractivity contribution in [1.29, 1.82) is 0 Å².